The lowest BCUT2D eigenvalue weighted by Crippen LogP contribution is -2.46. The SMILES string of the molecule is CC(C)(CO)NC(=O)c1ccnc(OCc2ccccc2)c1. The maximum absolute atomic E-state index is 12.1. The normalized spacial score (nSPS) is 11.0. The second-order valence-corrected chi connectivity index (χ2v) is 5.65. The van der Waals surface area contributed by atoms with Gasteiger partial charge in [0.2, 0.25) is 5.88 Å². The highest BCUT2D eigenvalue weighted by Gasteiger charge is 2.20. The Bertz CT molecular complexity index is 627. The Hall–Kier alpha value is -2.40. The van der Waals surface area contributed by atoms with Gasteiger partial charge in [-0.3, -0.25) is 4.79 Å². The van der Waals surface area contributed by atoms with Gasteiger partial charge in [-0.15, -0.1) is 0 Å². The number of carbonyl (C=O) groups is 1. The number of nitrogens with zero attached hydrogens (tertiary/aromatic N) is 1. The highest BCUT2D eigenvalue weighted by molar-refractivity contribution is 5.94. The molecule has 1 amide bonds. The summed E-state index contributed by atoms with van der Waals surface area (Å²) >= 11 is 0. The maximum atomic E-state index is 12.1. The van der Waals surface area contributed by atoms with Crippen LogP contribution in [0.2, 0.25) is 0 Å². The minimum Gasteiger partial charge on any atom is -0.473 e. The number of rotatable bonds is 6. The monoisotopic (exact) mass is 300 g/mol. The third kappa shape index (κ3) is 4.56. The Morgan fingerprint density at radius 3 is 2.68 bits per heavy atom. The number of benzene rings is 1. The van der Waals surface area contributed by atoms with Gasteiger partial charge in [-0.2, -0.15) is 0 Å². The molecule has 5 nitrogen and oxygen atoms in total. The van der Waals surface area contributed by atoms with Gasteiger partial charge in [-0.25, -0.2) is 4.98 Å². The molecule has 1 heterocycles. The zero-order valence-electron chi connectivity index (χ0n) is 12.7. The lowest BCUT2D eigenvalue weighted by molar-refractivity contribution is 0.0868. The summed E-state index contributed by atoms with van der Waals surface area (Å²) in [6.45, 7) is 3.75. The van der Waals surface area contributed by atoms with Gasteiger partial charge in [-0.05, 0) is 25.5 Å². The molecule has 2 N–H and O–H groups in total. The first kappa shape index (κ1) is 16.0. The Balaban J connectivity index is 2.02. The molecule has 0 aliphatic heterocycles. The van der Waals surface area contributed by atoms with Crippen molar-refractivity contribution in [1.29, 1.82) is 0 Å². The fourth-order valence-corrected chi connectivity index (χ4v) is 1.78. The van der Waals surface area contributed by atoms with E-state index >= 15 is 0 Å². The Morgan fingerprint density at radius 1 is 1.27 bits per heavy atom. The molecule has 0 radical (unpaired) electrons. The van der Waals surface area contributed by atoms with Crippen LogP contribution in [0, 0.1) is 0 Å². The number of pyridine rings is 1. The average Bonchev–Trinajstić information content (AvgIpc) is 2.54. The van der Waals surface area contributed by atoms with Crippen molar-refractivity contribution in [3.05, 3.63) is 59.8 Å². The zero-order valence-corrected chi connectivity index (χ0v) is 12.7. The fraction of sp³-hybridized carbons (Fsp3) is 0.294. The summed E-state index contributed by atoms with van der Waals surface area (Å²) in [6.07, 6.45) is 1.53. The van der Waals surface area contributed by atoms with Crippen LogP contribution in [-0.4, -0.2) is 28.1 Å². The molecule has 0 aliphatic carbocycles. The topological polar surface area (TPSA) is 71.5 Å². The quantitative estimate of drug-likeness (QED) is 0.857. The molecule has 0 aliphatic rings. The van der Waals surface area contributed by atoms with Crippen LogP contribution in [-0.2, 0) is 6.61 Å². The molecule has 5 heteroatoms. The van der Waals surface area contributed by atoms with Gasteiger partial charge in [0.15, 0.2) is 0 Å². The van der Waals surface area contributed by atoms with Crippen molar-refractivity contribution >= 4 is 5.91 Å². The van der Waals surface area contributed by atoms with Gasteiger partial charge < -0.3 is 15.2 Å². The third-order valence-electron chi connectivity index (χ3n) is 3.07. The van der Waals surface area contributed by atoms with E-state index in [2.05, 4.69) is 10.3 Å². The molecular weight excluding hydrogens is 280 g/mol. The summed E-state index contributed by atoms with van der Waals surface area (Å²) in [7, 11) is 0. The van der Waals surface area contributed by atoms with Crippen LogP contribution in [0.25, 0.3) is 0 Å². The van der Waals surface area contributed by atoms with Gasteiger partial charge in [0.25, 0.3) is 5.91 Å². The number of amides is 1. The summed E-state index contributed by atoms with van der Waals surface area (Å²) in [4.78, 5) is 16.2. The molecule has 1 aromatic heterocycles. The summed E-state index contributed by atoms with van der Waals surface area (Å²) in [5.41, 5.74) is 0.797. The molecule has 116 valence electrons. The average molecular weight is 300 g/mol. The number of hydrogen-bond acceptors (Lipinski definition) is 4. The molecule has 0 atom stereocenters. The van der Waals surface area contributed by atoms with E-state index in [4.69, 9.17) is 4.74 Å². The predicted octanol–water partition coefficient (Wildman–Crippen LogP) is 2.16. The van der Waals surface area contributed by atoms with Crippen molar-refractivity contribution in [1.82, 2.24) is 10.3 Å². The molecule has 0 fully saturated rings. The lowest BCUT2D eigenvalue weighted by atomic mass is 10.1. The first-order valence-corrected chi connectivity index (χ1v) is 7.06. The Labute approximate surface area is 130 Å². The van der Waals surface area contributed by atoms with Gasteiger partial charge in [0.1, 0.15) is 6.61 Å². The van der Waals surface area contributed by atoms with E-state index in [0.29, 0.717) is 18.1 Å². The van der Waals surface area contributed by atoms with Gasteiger partial charge in [0.05, 0.1) is 12.1 Å². The molecule has 0 bridgehead atoms. The maximum Gasteiger partial charge on any atom is 0.252 e. The molecule has 2 rings (SSSR count). The first-order valence-electron chi connectivity index (χ1n) is 7.06. The van der Waals surface area contributed by atoms with Crippen molar-refractivity contribution in [3.63, 3.8) is 0 Å². The van der Waals surface area contributed by atoms with Crippen LogP contribution in [0.1, 0.15) is 29.8 Å². The predicted molar refractivity (Wildman–Crippen MR) is 83.6 cm³/mol. The third-order valence-corrected chi connectivity index (χ3v) is 3.07. The van der Waals surface area contributed by atoms with Crippen LogP contribution >= 0.6 is 0 Å². The second kappa shape index (κ2) is 7.04. The Kier molecular flexibility index (Phi) is 5.12. The number of aliphatic hydroxyl groups is 1. The van der Waals surface area contributed by atoms with E-state index in [1.54, 1.807) is 26.0 Å². The first-order chi connectivity index (χ1) is 10.5. The van der Waals surface area contributed by atoms with Crippen LogP contribution in [0.15, 0.2) is 48.7 Å². The van der Waals surface area contributed by atoms with E-state index in [-0.39, 0.29) is 12.5 Å². The van der Waals surface area contributed by atoms with E-state index in [0.717, 1.165) is 5.56 Å². The van der Waals surface area contributed by atoms with Gasteiger partial charge in [0, 0.05) is 17.8 Å². The highest BCUT2D eigenvalue weighted by atomic mass is 16.5. The largest absolute Gasteiger partial charge is 0.473 e. The van der Waals surface area contributed by atoms with Crippen molar-refractivity contribution in [2.75, 3.05) is 6.61 Å². The van der Waals surface area contributed by atoms with E-state index in [1.807, 2.05) is 30.3 Å². The smallest absolute Gasteiger partial charge is 0.252 e. The minimum atomic E-state index is -0.675. The highest BCUT2D eigenvalue weighted by Crippen LogP contribution is 2.13. The standard InChI is InChI=1S/C17H20N2O3/c1-17(2,12-20)19-16(21)14-8-9-18-15(10-14)22-11-13-6-4-3-5-7-13/h3-10,20H,11-12H2,1-2H3,(H,19,21). The Morgan fingerprint density at radius 2 is 2.00 bits per heavy atom. The molecule has 22 heavy (non-hydrogen) atoms. The molecule has 0 unspecified atom stereocenters. The van der Waals surface area contributed by atoms with E-state index < -0.39 is 5.54 Å². The molecular formula is C17H20N2O3. The number of aromatic nitrogens is 1. The molecule has 2 aromatic rings. The van der Waals surface area contributed by atoms with E-state index in [1.165, 1.54) is 6.20 Å². The zero-order chi connectivity index (χ0) is 16.0. The van der Waals surface area contributed by atoms with Crippen molar-refractivity contribution in [2.24, 2.45) is 0 Å². The fourth-order valence-electron chi connectivity index (χ4n) is 1.78. The summed E-state index contributed by atoms with van der Waals surface area (Å²) in [6, 6.07) is 12.9. The van der Waals surface area contributed by atoms with Crippen molar-refractivity contribution in [3.8, 4) is 5.88 Å². The van der Waals surface area contributed by atoms with Crippen molar-refractivity contribution < 1.29 is 14.6 Å². The van der Waals surface area contributed by atoms with Crippen LogP contribution < -0.4 is 10.1 Å². The number of aliphatic hydroxyl groups excluding tert-OH is 1. The molecule has 1 aromatic carbocycles. The molecule has 0 saturated heterocycles. The van der Waals surface area contributed by atoms with E-state index in [9.17, 15) is 9.90 Å². The molecule has 0 spiro atoms. The van der Waals surface area contributed by atoms with Crippen molar-refractivity contribution in [2.45, 2.75) is 26.0 Å². The number of carbonyl (C=O) groups excluding carboxylic acids is 1. The second-order valence-electron chi connectivity index (χ2n) is 5.65. The number of nitrogens with one attached hydrogen (secondary N) is 1. The molecule has 0 saturated carbocycles. The number of hydrogen-bond donors (Lipinski definition) is 2. The van der Waals surface area contributed by atoms with Gasteiger partial charge in [-0.1, -0.05) is 30.3 Å². The summed E-state index contributed by atoms with van der Waals surface area (Å²) in [5, 5.41) is 12.0. The van der Waals surface area contributed by atoms with Gasteiger partial charge >= 0.3 is 0 Å². The lowest BCUT2D eigenvalue weighted by Gasteiger charge is -2.23. The van der Waals surface area contributed by atoms with Crippen LogP contribution in [0.5, 0.6) is 5.88 Å². The number of ether oxygens (including phenoxy) is 1. The minimum absolute atomic E-state index is 0.138. The van der Waals surface area contributed by atoms with Crippen LogP contribution in [0.4, 0.5) is 0 Å². The van der Waals surface area contributed by atoms with Crippen LogP contribution in [0.3, 0.4) is 0 Å². The summed E-state index contributed by atoms with van der Waals surface area (Å²) in [5.74, 6) is 0.115. The summed E-state index contributed by atoms with van der Waals surface area (Å²) < 4.78 is 5.60.